The SMILES string of the molecule is C[C@@H](NC(=O)c1cc(N2CCOCC2)c(F)cc1NC1CCNCC1)c1cccc(C(F)F)c1F. The third-order valence-corrected chi connectivity index (χ3v) is 6.49. The van der Waals surface area contributed by atoms with Crippen LogP contribution in [0.3, 0.4) is 0 Å². The van der Waals surface area contributed by atoms with Crippen molar-refractivity contribution in [1.29, 1.82) is 0 Å². The number of nitrogens with zero attached hydrogens (tertiary/aromatic N) is 1. The Bertz CT molecular complexity index is 1040. The molecular formula is C25H30F4N4O2. The molecule has 35 heavy (non-hydrogen) atoms. The van der Waals surface area contributed by atoms with Gasteiger partial charge >= 0.3 is 0 Å². The number of nitrogens with one attached hydrogen (secondary N) is 3. The van der Waals surface area contributed by atoms with Gasteiger partial charge in [-0.1, -0.05) is 18.2 Å². The van der Waals surface area contributed by atoms with Crippen molar-refractivity contribution in [2.45, 2.75) is 38.3 Å². The average molecular weight is 495 g/mol. The summed E-state index contributed by atoms with van der Waals surface area (Å²) in [5.41, 5.74) is 0.0854. The van der Waals surface area contributed by atoms with Gasteiger partial charge in [0.15, 0.2) is 0 Å². The molecule has 3 N–H and O–H groups in total. The quantitative estimate of drug-likeness (QED) is 0.499. The molecule has 2 saturated heterocycles. The number of anilines is 2. The maximum absolute atomic E-state index is 15.1. The van der Waals surface area contributed by atoms with E-state index in [-0.39, 0.29) is 22.9 Å². The van der Waals surface area contributed by atoms with Gasteiger partial charge in [0, 0.05) is 24.7 Å². The smallest absolute Gasteiger partial charge is 0.266 e. The van der Waals surface area contributed by atoms with Crippen molar-refractivity contribution in [2.75, 3.05) is 49.6 Å². The van der Waals surface area contributed by atoms with Gasteiger partial charge in [-0.25, -0.2) is 17.6 Å². The van der Waals surface area contributed by atoms with E-state index >= 15 is 4.39 Å². The van der Waals surface area contributed by atoms with Gasteiger partial charge in [0.05, 0.1) is 41.8 Å². The molecule has 0 bridgehead atoms. The zero-order valence-corrected chi connectivity index (χ0v) is 19.6. The second kappa shape index (κ2) is 11.3. The molecule has 0 aromatic heterocycles. The van der Waals surface area contributed by atoms with E-state index in [1.54, 1.807) is 0 Å². The summed E-state index contributed by atoms with van der Waals surface area (Å²) in [7, 11) is 0. The lowest BCUT2D eigenvalue weighted by Crippen LogP contribution is -2.38. The highest BCUT2D eigenvalue weighted by Gasteiger charge is 2.25. The van der Waals surface area contributed by atoms with Crippen LogP contribution in [0.4, 0.5) is 28.9 Å². The minimum atomic E-state index is -2.97. The third kappa shape index (κ3) is 5.87. The van der Waals surface area contributed by atoms with Gasteiger partial charge in [0.1, 0.15) is 11.6 Å². The van der Waals surface area contributed by atoms with Crippen LogP contribution in [0.15, 0.2) is 30.3 Å². The van der Waals surface area contributed by atoms with E-state index in [0.717, 1.165) is 32.0 Å². The Morgan fingerprint density at radius 2 is 1.80 bits per heavy atom. The molecule has 190 valence electrons. The van der Waals surface area contributed by atoms with Crippen molar-refractivity contribution >= 4 is 17.3 Å². The van der Waals surface area contributed by atoms with Gasteiger partial charge in [-0.15, -0.1) is 0 Å². The average Bonchev–Trinajstić information content (AvgIpc) is 2.85. The molecule has 6 nitrogen and oxygen atoms in total. The van der Waals surface area contributed by atoms with Gasteiger partial charge in [-0.3, -0.25) is 4.79 Å². The van der Waals surface area contributed by atoms with Crippen molar-refractivity contribution in [1.82, 2.24) is 10.6 Å². The van der Waals surface area contributed by atoms with Crippen LogP contribution in [-0.2, 0) is 4.74 Å². The van der Waals surface area contributed by atoms with Crippen molar-refractivity contribution in [3.8, 4) is 0 Å². The van der Waals surface area contributed by atoms with Crippen LogP contribution in [0.2, 0.25) is 0 Å². The molecule has 10 heteroatoms. The largest absolute Gasteiger partial charge is 0.381 e. The summed E-state index contributed by atoms with van der Waals surface area (Å²) < 4.78 is 61.4. The van der Waals surface area contributed by atoms with E-state index in [9.17, 15) is 18.0 Å². The molecule has 0 saturated carbocycles. The molecule has 0 spiro atoms. The summed E-state index contributed by atoms with van der Waals surface area (Å²) in [6, 6.07) is 5.72. The van der Waals surface area contributed by atoms with Crippen LogP contribution in [0.1, 0.15) is 53.7 Å². The van der Waals surface area contributed by atoms with Crippen LogP contribution in [0.25, 0.3) is 0 Å². The van der Waals surface area contributed by atoms with E-state index in [0.29, 0.717) is 32.0 Å². The molecule has 4 rings (SSSR count). The monoisotopic (exact) mass is 494 g/mol. The fourth-order valence-corrected chi connectivity index (χ4v) is 4.53. The maximum atomic E-state index is 15.1. The fraction of sp³-hybridized carbons (Fsp3) is 0.480. The molecule has 2 heterocycles. The Hall–Kier alpha value is -2.85. The van der Waals surface area contributed by atoms with E-state index in [4.69, 9.17) is 4.74 Å². The lowest BCUT2D eigenvalue weighted by Gasteiger charge is -2.31. The van der Waals surface area contributed by atoms with Crippen molar-refractivity contribution in [3.05, 3.63) is 58.7 Å². The number of carbonyl (C=O) groups is 1. The summed E-state index contributed by atoms with van der Waals surface area (Å²) >= 11 is 0. The first-order valence-electron chi connectivity index (χ1n) is 11.9. The lowest BCUT2D eigenvalue weighted by atomic mass is 10.0. The number of ether oxygens (including phenoxy) is 1. The Kier molecular flexibility index (Phi) is 8.12. The Labute approximate surface area is 202 Å². The number of alkyl halides is 2. The van der Waals surface area contributed by atoms with Gasteiger partial charge < -0.3 is 25.6 Å². The number of benzene rings is 2. The molecule has 0 radical (unpaired) electrons. The number of halogens is 4. The van der Waals surface area contributed by atoms with Crippen LogP contribution in [-0.4, -0.2) is 51.3 Å². The summed E-state index contributed by atoms with van der Waals surface area (Å²) in [6.07, 6.45) is -1.34. The normalized spacial score (nSPS) is 17.9. The Balaban J connectivity index is 1.63. The predicted octanol–water partition coefficient (Wildman–Crippen LogP) is 4.39. The highest BCUT2D eigenvalue weighted by molar-refractivity contribution is 6.01. The third-order valence-electron chi connectivity index (χ3n) is 6.49. The van der Waals surface area contributed by atoms with E-state index in [1.165, 1.54) is 31.2 Å². The molecule has 1 atom stereocenters. The maximum Gasteiger partial charge on any atom is 0.266 e. The first kappa shape index (κ1) is 25.2. The molecule has 2 fully saturated rings. The van der Waals surface area contributed by atoms with Gasteiger partial charge in [0.25, 0.3) is 12.3 Å². The number of carbonyl (C=O) groups excluding carboxylic acids is 1. The molecule has 2 aliphatic heterocycles. The molecule has 1 amide bonds. The molecular weight excluding hydrogens is 464 g/mol. The zero-order valence-electron chi connectivity index (χ0n) is 19.6. The minimum Gasteiger partial charge on any atom is -0.381 e. The van der Waals surface area contributed by atoms with Crippen LogP contribution >= 0.6 is 0 Å². The van der Waals surface area contributed by atoms with Crippen LogP contribution in [0, 0.1) is 11.6 Å². The van der Waals surface area contributed by atoms with Crippen molar-refractivity contribution in [2.24, 2.45) is 0 Å². The Morgan fingerprint density at radius 1 is 1.11 bits per heavy atom. The topological polar surface area (TPSA) is 65.6 Å². The first-order valence-corrected chi connectivity index (χ1v) is 11.9. The number of morpholine rings is 1. The lowest BCUT2D eigenvalue weighted by molar-refractivity contribution is 0.0940. The summed E-state index contributed by atoms with van der Waals surface area (Å²) in [5, 5.41) is 9.26. The van der Waals surface area contributed by atoms with Gasteiger partial charge in [-0.2, -0.15) is 0 Å². The number of piperidine rings is 1. The molecule has 2 aromatic rings. The summed E-state index contributed by atoms with van der Waals surface area (Å²) in [4.78, 5) is 15.2. The van der Waals surface area contributed by atoms with E-state index in [2.05, 4.69) is 16.0 Å². The van der Waals surface area contributed by atoms with Gasteiger partial charge in [-0.05, 0) is 45.0 Å². The van der Waals surface area contributed by atoms with E-state index in [1.807, 2.05) is 4.90 Å². The second-order valence-corrected chi connectivity index (χ2v) is 8.86. The first-order chi connectivity index (χ1) is 16.8. The predicted molar refractivity (Wildman–Crippen MR) is 126 cm³/mol. The second-order valence-electron chi connectivity index (χ2n) is 8.86. The van der Waals surface area contributed by atoms with Crippen LogP contribution in [0.5, 0.6) is 0 Å². The standard InChI is InChI=1S/C25H30F4N4O2/c1-15(17-3-2-4-18(23(17)27)24(28)29)31-25(34)19-13-22(33-9-11-35-12-10-33)20(26)14-21(19)32-16-5-7-30-8-6-16/h2-4,13-16,24,30,32H,5-12H2,1H3,(H,31,34)/t15-/m1/s1. The molecule has 2 aliphatic rings. The van der Waals surface area contributed by atoms with E-state index < -0.39 is 35.6 Å². The van der Waals surface area contributed by atoms with Crippen molar-refractivity contribution < 1.29 is 27.1 Å². The van der Waals surface area contributed by atoms with Crippen molar-refractivity contribution in [3.63, 3.8) is 0 Å². The molecule has 0 unspecified atom stereocenters. The number of amides is 1. The summed E-state index contributed by atoms with van der Waals surface area (Å²) in [6.45, 7) is 5.02. The number of rotatable bonds is 7. The van der Waals surface area contributed by atoms with Gasteiger partial charge in [0.2, 0.25) is 0 Å². The highest BCUT2D eigenvalue weighted by Crippen LogP contribution is 2.31. The van der Waals surface area contributed by atoms with Crippen LogP contribution < -0.4 is 20.9 Å². The zero-order chi connectivity index (χ0) is 24.9. The highest BCUT2D eigenvalue weighted by atomic mass is 19.3. The number of hydrogen-bond donors (Lipinski definition) is 3. The molecule has 0 aliphatic carbocycles. The Morgan fingerprint density at radius 3 is 2.49 bits per heavy atom. The number of hydrogen-bond acceptors (Lipinski definition) is 5. The fourth-order valence-electron chi connectivity index (χ4n) is 4.53. The summed E-state index contributed by atoms with van der Waals surface area (Å²) in [5.74, 6) is -2.05. The minimum absolute atomic E-state index is 0.0421. The molecule has 2 aromatic carbocycles.